The van der Waals surface area contributed by atoms with E-state index in [0.29, 0.717) is 0 Å². The highest BCUT2D eigenvalue weighted by Crippen LogP contribution is 2.50. The van der Waals surface area contributed by atoms with Crippen molar-refractivity contribution in [2.24, 2.45) is 11.3 Å². The molecule has 0 heterocycles. The van der Waals surface area contributed by atoms with Gasteiger partial charge in [0.15, 0.2) is 0 Å². The molecular formula is C11H20. The molecule has 0 heteroatoms. The third kappa shape index (κ3) is 1.98. The molecule has 0 N–H and O–H groups in total. The summed E-state index contributed by atoms with van der Waals surface area (Å²) in [7, 11) is 0. The van der Waals surface area contributed by atoms with Gasteiger partial charge in [0, 0.05) is 0 Å². The molecule has 0 aliphatic heterocycles. The van der Waals surface area contributed by atoms with Gasteiger partial charge in [-0.05, 0) is 37.0 Å². The highest BCUT2D eigenvalue weighted by Gasteiger charge is 2.37. The van der Waals surface area contributed by atoms with Gasteiger partial charge in [-0.25, -0.2) is 0 Å². The molecule has 0 aromatic rings. The molecule has 2 aliphatic carbocycles. The van der Waals surface area contributed by atoms with Crippen LogP contribution in [0.25, 0.3) is 0 Å². The summed E-state index contributed by atoms with van der Waals surface area (Å²) in [5.41, 5.74) is 0.808. The number of hydrogen-bond donors (Lipinski definition) is 0. The zero-order valence-corrected chi connectivity index (χ0v) is 7.73. The minimum absolute atomic E-state index is 0.808. The molecule has 0 spiro atoms. The Morgan fingerprint density at radius 1 is 1.18 bits per heavy atom. The summed E-state index contributed by atoms with van der Waals surface area (Å²) < 4.78 is 0. The van der Waals surface area contributed by atoms with E-state index in [1.807, 2.05) is 0 Å². The van der Waals surface area contributed by atoms with Gasteiger partial charge in [0.2, 0.25) is 0 Å². The predicted octanol–water partition coefficient (Wildman–Crippen LogP) is 3.76. The van der Waals surface area contributed by atoms with E-state index in [-0.39, 0.29) is 0 Å². The van der Waals surface area contributed by atoms with Crippen molar-refractivity contribution in [1.29, 1.82) is 0 Å². The van der Waals surface area contributed by atoms with E-state index in [1.54, 1.807) is 0 Å². The van der Waals surface area contributed by atoms with Gasteiger partial charge in [-0.3, -0.25) is 0 Å². The predicted molar refractivity (Wildman–Crippen MR) is 48.5 cm³/mol. The first-order valence-corrected chi connectivity index (χ1v) is 5.29. The second-order valence-electron chi connectivity index (χ2n) is 5.00. The van der Waals surface area contributed by atoms with E-state index in [2.05, 4.69) is 6.92 Å². The van der Waals surface area contributed by atoms with E-state index in [0.717, 1.165) is 11.3 Å². The molecule has 64 valence electrons. The highest BCUT2D eigenvalue weighted by atomic mass is 14.4. The lowest BCUT2D eigenvalue weighted by Crippen LogP contribution is -1.99. The van der Waals surface area contributed by atoms with E-state index in [1.165, 1.54) is 51.4 Å². The normalized spacial score (nSPS) is 29.2. The van der Waals surface area contributed by atoms with E-state index in [4.69, 9.17) is 0 Å². The quantitative estimate of drug-likeness (QED) is 0.577. The fourth-order valence-electron chi connectivity index (χ4n) is 2.32. The van der Waals surface area contributed by atoms with Gasteiger partial charge in [0.05, 0.1) is 0 Å². The lowest BCUT2D eigenvalue weighted by molar-refractivity contribution is 0.403. The molecule has 11 heavy (non-hydrogen) atoms. The third-order valence-electron chi connectivity index (χ3n) is 3.73. The van der Waals surface area contributed by atoms with E-state index >= 15 is 0 Å². The Kier molecular flexibility index (Phi) is 1.95. The van der Waals surface area contributed by atoms with Crippen molar-refractivity contribution in [3.05, 3.63) is 0 Å². The van der Waals surface area contributed by atoms with Crippen molar-refractivity contribution in [2.45, 2.75) is 58.3 Å². The average Bonchev–Trinajstić information content (AvgIpc) is 2.53. The van der Waals surface area contributed by atoms with Crippen LogP contribution in [-0.4, -0.2) is 0 Å². The summed E-state index contributed by atoms with van der Waals surface area (Å²) in [5, 5.41) is 0. The Hall–Kier alpha value is 0. The summed E-state index contributed by atoms with van der Waals surface area (Å²) in [6.45, 7) is 2.46. The molecule has 0 amide bonds. The summed E-state index contributed by atoms with van der Waals surface area (Å²) in [4.78, 5) is 0. The Bertz CT molecular complexity index is 127. The number of hydrogen-bond acceptors (Lipinski definition) is 0. The Balaban J connectivity index is 1.65. The summed E-state index contributed by atoms with van der Waals surface area (Å²) in [6.07, 6.45) is 12.2. The minimum Gasteiger partial charge on any atom is -0.0596 e. The zero-order chi connectivity index (χ0) is 7.73. The van der Waals surface area contributed by atoms with E-state index in [9.17, 15) is 0 Å². The van der Waals surface area contributed by atoms with Crippen molar-refractivity contribution < 1.29 is 0 Å². The van der Waals surface area contributed by atoms with Crippen molar-refractivity contribution in [1.82, 2.24) is 0 Å². The highest BCUT2D eigenvalue weighted by molar-refractivity contribution is 4.88. The van der Waals surface area contributed by atoms with Gasteiger partial charge in [0.25, 0.3) is 0 Å². The molecule has 2 fully saturated rings. The average molecular weight is 152 g/mol. The van der Waals surface area contributed by atoms with E-state index < -0.39 is 0 Å². The molecule has 0 bridgehead atoms. The van der Waals surface area contributed by atoms with Crippen LogP contribution in [-0.2, 0) is 0 Å². The molecule has 0 unspecified atom stereocenters. The van der Waals surface area contributed by atoms with Crippen molar-refractivity contribution in [3.63, 3.8) is 0 Å². The Morgan fingerprint density at radius 3 is 2.36 bits per heavy atom. The molecule has 0 saturated heterocycles. The first-order valence-electron chi connectivity index (χ1n) is 5.29. The monoisotopic (exact) mass is 152 g/mol. The second kappa shape index (κ2) is 2.80. The van der Waals surface area contributed by atoms with Gasteiger partial charge in [-0.2, -0.15) is 0 Å². The Labute approximate surface area is 70.4 Å². The van der Waals surface area contributed by atoms with Crippen LogP contribution in [0.2, 0.25) is 0 Å². The SMILES string of the molecule is CC1(CCC2CCCC2)CC1. The second-order valence-corrected chi connectivity index (χ2v) is 5.00. The standard InChI is InChI=1S/C11H20/c1-11(8-9-11)7-6-10-4-2-3-5-10/h10H,2-9H2,1H3. The van der Waals surface area contributed by atoms with Crippen LogP contribution < -0.4 is 0 Å². The van der Waals surface area contributed by atoms with Crippen molar-refractivity contribution in [2.75, 3.05) is 0 Å². The van der Waals surface area contributed by atoms with Gasteiger partial charge in [0.1, 0.15) is 0 Å². The molecule has 0 nitrogen and oxygen atoms in total. The van der Waals surface area contributed by atoms with Gasteiger partial charge >= 0.3 is 0 Å². The maximum Gasteiger partial charge on any atom is -0.0325 e. The van der Waals surface area contributed by atoms with Crippen LogP contribution in [0.5, 0.6) is 0 Å². The van der Waals surface area contributed by atoms with Gasteiger partial charge < -0.3 is 0 Å². The lowest BCUT2D eigenvalue weighted by atomic mass is 9.94. The molecule has 2 aliphatic rings. The van der Waals surface area contributed by atoms with Crippen LogP contribution in [0, 0.1) is 11.3 Å². The molecule has 2 saturated carbocycles. The minimum atomic E-state index is 0.808. The zero-order valence-electron chi connectivity index (χ0n) is 7.73. The third-order valence-corrected chi connectivity index (χ3v) is 3.73. The molecule has 0 aromatic carbocycles. The van der Waals surface area contributed by atoms with Crippen LogP contribution in [0.1, 0.15) is 58.3 Å². The molecule has 2 rings (SSSR count). The van der Waals surface area contributed by atoms with Crippen molar-refractivity contribution in [3.8, 4) is 0 Å². The first-order chi connectivity index (χ1) is 5.29. The fraction of sp³-hybridized carbons (Fsp3) is 1.00. The topological polar surface area (TPSA) is 0 Å². The smallest absolute Gasteiger partial charge is 0.0325 e. The fourth-order valence-corrected chi connectivity index (χ4v) is 2.32. The maximum atomic E-state index is 2.46. The molecule has 0 atom stereocenters. The van der Waals surface area contributed by atoms with Crippen molar-refractivity contribution >= 4 is 0 Å². The molecular weight excluding hydrogens is 132 g/mol. The summed E-state index contributed by atoms with van der Waals surface area (Å²) in [5.74, 6) is 1.12. The first kappa shape index (κ1) is 7.64. The van der Waals surface area contributed by atoms with Crippen LogP contribution >= 0.6 is 0 Å². The Morgan fingerprint density at radius 2 is 1.82 bits per heavy atom. The summed E-state index contributed by atoms with van der Waals surface area (Å²) in [6, 6.07) is 0. The summed E-state index contributed by atoms with van der Waals surface area (Å²) >= 11 is 0. The maximum absolute atomic E-state index is 2.46. The number of rotatable bonds is 3. The van der Waals surface area contributed by atoms with Crippen LogP contribution in [0.15, 0.2) is 0 Å². The lowest BCUT2D eigenvalue weighted by Gasteiger charge is -2.12. The molecule has 0 aromatic heterocycles. The van der Waals surface area contributed by atoms with Gasteiger partial charge in [-0.1, -0.05) is 32.6 Å². The molecule has 0 radical (unpaired) electrons. The largest absolute Gasteiger partial charge is 0.0596 e. The van der Waals surface area contributed by atoms with Gasteiger partial charge in [-0.15, -0.1) is 0 Å². The van der Waals surface area contributed by atoms with Crippen LogP contribution in [0.3, 0.4) is 0 Å². The van der Waals surface area contributed by atoms with Crippen LogP contribution in [0.4, 0.5) is 0 Å².